The Morgan fingerprint density at radius 3 is 2.57 bits per heavy atom. The summed E-state index contributed by atoms with van der Waals surface area (Å²) in [5.41, 5.74) is 1.75. The first-order valence-corrected chi connectivity index (χ1v) is 4.76. The molecule has 0 saturated heterocycles. The minimum Gasteiger partial charge on any atom is -0.294 e. The van der Waals surface area contributed by atoms with E-state index in [2.05, 4.69) is 0 Å². The van der Waals surface area contributed by atoms with Gasteiger partial charge in [-0.25, -0.2) is 4.39 Å². The molecule has 0 saturated carbocycles. The highest BCUT2D eigenvalue weighted by Crippen LogP contribution is 2.40. The highest BCUT2D eigenvalue weighted by Gasteiger charge is 2.39. The van der Waals surface area contributed by atoms with Gasteiger partial charge in [0.05, 0.1) is 0 Å². The summed E-state index contributed by atoms with van der Waals surface area (Å²) in [5, 5.41) is 0. The summed E-state index contributed by atoms with van der Waals surface area (Å²) in [5.74, 6) is -0.177. The lowest BCUT2D eigenvalue weighted by molar-refractivity contribution is 0.0979. The van der Waals surface area contributed by atoms with Gasteiger partial charge in [0.15, 0.2) is 5.78 Å². The molecule has 0 spiro atoms. The molecule has 1 aromatic rings. The first kappa shape index (κ1) is 9.38. The summed E-state index contributed by atoms with van der Waals surface area (Å²) in [7, 11) is 0. The van der Waals surface area contributed by atoms with E-state index in [-0.39, 0.29) is 17.0 Å². The van der Waals surface area contributed by atoms with Crippen molar-refractivity contribution in [2.75, 3.05) is 0 Å². The Morgan fingerprint density at radius 2 is 2.00 bits per heavy atom. The first-order chi connectivity index (χ1) is 6.43. The number of hydrogen-bond donors (Lipinski definition) is 0. The Labute approximate surface area is 82.9 Å². The number of rotatable bonds is 0. The van der Waals surface area contributed by atoms with Crippen LogP contribution >= 0.6 is 0 Å². The lowest BCUT2D eigenvalue weighted by Gasteiger charge is -2.18. The van der Waals surface area contributed by atoms with Gasteiger partial charge in [-0.05, 0) is 18.6 Å². The van der Waals surface area contributed by atoms with E-state index in [4.69, 9.17) is 0 Å². The van der Waals surface area contributed by atoms with Crippen molar-refractivity contribution >= 4 is 5.78 Å². The van der Waals surface area contributed by atoms with Crippen LogP contribution in [0.15, 0.2) is 12.1 Å². The fraction of sp³-hybridized carbons (Fsp3) is 0.417. The summed E-state index contributed by atoms with van der Waals surface area (Å²) in [4.78, 5) is 11.7. The molecular weight excluding hydrogens is 179 g/mol. The number of carbonyl (C=O) groups is 1. The third kappa shape index (κ3) is 1.10. The van der Waals surface area contributed by atoms with Crippen LogP contribution in [0.1, 0.15) is 41.8 Å². The molecule has 1 nitrogen and oxygen atoms in total. The van der Waals surface area contributed by atoms with Gasteiger partial charge in [0.1, 0.15) is 5.82 Å². The van der Waals surface area contributed by atoms with Crippen molar-refractivity contribution in [2.45, 2.75) is 32.6 Å². The molecule has 0 bridgehead atoms. The standard InChI is InChI=1S/C12H13FO/c1-7-4-5-8(13)11-10(7)9(14)6-12(11,2)3/h4-5H,6H2,1-3H3. The zero-order chi connectivity index (χ0) is 10.5. The molecule has 0 heterocycles. The maximum atomic E-state index is 13.6. The summed E-state index contributed by atoms with van der Waals surface area (Å²) in [6, 6.07) is 3.13. The number of carbonyl (C=O) groups excluding carboxylic acids is 1. The predicted octanol–water partition coefficient (Wildman–Crippen LogP) is 3.00. The fourth-order valence-corrected chi connectivity index (χ4v) is 2.28. The van der Waals surface area contributed by atoms with Crippen LogP contribution in [-0.2, 0) is 5.41 Å². The van der Waals surface area contributed by atoms with E-state index in [1.807, 2.05) is 20.8 Å². The molecular formula is C12H13FO. The molecule has 0 unspecified atom stereocenters. The van der Waals surface area contributed by atoms with Gasteiger partial charge < -0.3 is 0 Å². The zero-order valence-electron chi connectivity index (χ0n) is 8.65. The van der Waals surface area contributed by atoms with Crippen molar-refractivity contribution in [1.82, 2.24) is 0 Å². The van der Waals surface area contributed by atoms with E-state index in [0.29, 0.717) is 17.5 Å². The second-order valence-corrected chi connectivity index (χ2v) is 4.60. The van der Waals surface area contributed by atoms with Crippen LogP contribution in [0.4, 0.5) is 4.39 Å². The molecule has 1 aromatic carbocycles. The Bertz CT molecular complexity index is 419. The van der Waals surface area contributed by atoms with E-state index >= 15 is 0 Å². The average molecular weight is 192 g/mol. The van der Waals surface area contributed by atoms with Crippen LogP contribution in [0.3, 0.4) is 0 Å². The van der Waals surface area contributed by atoms with Gasteiger partial charge >= 0.3 is 0 Å². The van der Waals surface area contributed by atoms with Crippen molar-refractivity contribution in [3.8, 4) is 0 Å². The molecule has 0 radical (unpaired) electrons. The largest absolute Gasteiger partial charge is 0.294 e. The van der Waals surface area contributed by atoms with E-state index in [1.54, 1.807) is 6.07 Å². The maximum Gasteiger partial charge on any atom is 0.164 e. The molecule has 74 valence electrons. The normalized spacial score (nSPS) is 18.4. The Hall–Kier alpha value is -1.18. The number of halogens is 1. The third-order valence-corrected chi connectivity index (χ3v) is 2.92. The minimum absolute atomic E-state index is 0.0713. The smallest absolute Gasteiger partial charge is 0.164 e. The van der Waals surface area contributed by atoms with Crippen LogP contribution in [0.5, 0.6) is 0 Å². The Balaban J connectivity index is 2.80. The van der Waals surface area contributed by atoms with E-state index in [0.717, 1.165) is 5.56 Å². The average Bonchev–Trinajstić information content (AvgIpc) is 2.30. The fourth-order valence-electron chi connectivity index (χ4n) is 2.28. The van der Waals surface area contributed by atoms with Crippen LogP contribution in [0.2, 0.25) is 0 Å². The summed E-state index contributed by atoms with van der Waals surface area (Å²) in [6.07, 6.45) is 0.421. The van der Waals surface area contributed by atoms with Gasteiger partial charge in [-0.15, -0.1) is 0 Å². The van der Waals surface area contributed by atoms with Crippen LogP contribution in [0.25, 0.3) is 0 Å². The molecule has 0 atom stereocenters. The summed E-state index contributed by atoms with van der Waals surface area (Å²) >= 11 is 0. The van der Waals surface area contributed by atoms with Crippen molar-refractivity contribution in [3.63, 3.8) is 0 Å². The highest BCUT2D eigenvalue weighted by atomic mass is 19.1. The molecule has 0 aliphatic heterocycles. The molecule has 2 heteroatoms. The van der Waals surface area contributed by atoms with Gasteiger partial charge in [0, 0.05) is 23.0 Å². The monoisotopic (exact) mass is 192 g/mol. The highest BCUT2D eigenvalue weighted by molar-refractivity contribution is 6.03. The first-order valence-electron chi connectivity index (χ1n) is 4.76. The molecule has 0 aromatic heterocycles. The van der Waals surface area contributed by atoms with Gasteiger partial charge in [0.2, 0.25) is 0 Å². The number of Topliss-reactive ketones (excluding diaryl/α,β-unsaturated/α-hetero) is 1. The number of benzene rings is 1. The molecule has 0 N–H and O–H groups in total. The van der Waals surface area contributed by atoms with E-state index in [9.17, 15) is 9.18 Å². The van der Waals surface area contributed by atoms with Crippen LogP contribution < -0.4 is 0 Å². The van der Waals surface area contributed by atoms with Gasteiger partial charge in [0.25, 0.3) is 0 Å². The second kappa shape index (κ2) is 2.66. The van der Waals surface area contributed by atoms with Crippen LogP contribution in [-0.4, -0.2) is 5.78 Å². The Morgan fingerprint density at radius 1 is 1.36 bits per heavy atom. The number of ketones is 1. The zero-order valence-corrected chi connectivity index (χ0v) is 8.65. The number of fused-ring (bicyclic) bond motifs is 1. The Kier molecular flexibility index (Phi) is 1.78. The van der Waals surface area contributed by atoms with Crippen molar-refractivity contribution < 1.29 is 9.18 Å². The van der Waals surface area contributed by atoms with Crippen molar-refractivity contribution in [3.05, 3.63) is 34.6 Å². The molecule has 1 aliphatic rings. The van der Waals surface area contributed by atoms with E-state index < -0.39 is 0 Å². The maximum absolute atomic E-state index is 13.6. The molecule has 2 rings (SSSR count). The summed E-state index contributed by atoms with van der Waals surface area (Å²) in [6.45, 7) is 5.69. The van der Waals surface area contributed by atoms with Crippen molar-refractivity contribution in [1.29, 1.82) is 0 Å². The number of hydrogen-bond acceptors (Lipinski definition) is 1. The summed E-state index contributed by atoms with van der Waals surface area (Å²) < 4.78 is 13.6. The van der Waals surface area contributed by atoms with E-state index in [1.165, 1.54) is 6.07 Å². The van der Waals surface area contributed by atoms with Crippen LogP contribution in [0, 0.1) is 12.7 Å². The topological polar surface area (TPSA) is 17.1 Å². The molecule has 0 fully saturated rings. The van der Waals surface area contributed by atoms with Crippen molar-refractivity contribution in [2.24, 2.45) is 0 Å². The third-order valence-electron chi connectivity index (χ3n) is 2.92. The lowest BCUT2D eigenvalue weighted by atomic mass is 9.86. The predicted molar refractivity (Wildman–Crippen MR) is 53.1 cm³/mol. The SMILES string of the molecule is Cc1ccc(F)c2c1C(=O)CC2(C)C. The molecule has 14 heavy (non-hydrogen) atoms. The second-order valence-electron chi connectivity index (χ2n) is 4.60. The van der Waals surface area contributed by atoms with Gasteiger partial charge in [-0.1, -0.05) is 19.9 Å². The quantitative estimate of drug-likeness (QED) is 0.617. The van der Waals surface area contributed by atoms with Gasteiger partial charge in [-0.2, -0.15) is 0 Å². The molecule has 0 amide bonds. The lowest BCUT2D eigenvalue weighted by Crippen LogP contribution is -2.14. The minimum atomic E-state index is -0.345. The molecule has 1 aliphatic carbocycles. The number of aryl methyl sites for hydroxylation is 1. The van der Waals surface area contributed by atoms with Gasteiger partial charge in [-0.3, -0.25) is 4.79 Å².